The number of para-hydroxylation sites is 1. The molecule has 8 heteroatoms. The number of likely N-dealkylation sites (N-methyl/N-ethyl adjacent to an activating group) is 1. The van der Waals surface area contributed by atoms with E-state index in [-0.39, 0.29) is 18.0 Å². The fraction of sp³-hybridized carbons (Fsp3) is 0.182. The van der Waals surface area contributed by atoms with E-state index in [0.717, 1.165) is 16.5 Å². The van der Waals surface area contributed by atoms with Gasteiger partial charge in [-0.3, -0.25) is 14.4 Å². The summed E-state index contributed by atoms with van der Waals surface area (Å²) in [4.78, 5) is 52.3. The van der Waals surface area contributed by atoms with Gasteiger partial charge in [-0.25, -0.2) is 4.79 Å². The summed E-state index contributed by atoms with van der Waals surface area (Å²) in [5.41, 5.74) is 1.81. The first-order chi connectivity index (χ1) is 14.3. The number of fused-ring (bicyclic) bond motifs is 1. The standard InChI is InChI=1S/C22H21N3O5/c1-14-7-9-15(10-8-14)23-20(27)12-25(2)21(28)13-30-22(29)17-11-19(26)24-18-6-4-3-5-16(17)18/h3-11H,12-13H2,1-2H3,(H,23,27)(H,24,26). The third-order valence-electron chi connectivity index (χ3n) is 4.44. The van der Waals surface area contributed by atoms with Gasteiger partial charge in [0.25, 0.3) is 5.91 Å². The van der Waals surface area contributed by atoms with Gasteiger partial charge in [0.2, 0.25) is 11.5 Å². The number of aryl methyl sites for hydroxylation is 1. The van der Waals surface area contributed by atoms with Crippen LogP contribution in [0.4, 0.5) is 5.69 Å². The minimum atomic E-state index is -0.789. The molecule has 2 aromatic carbocycles. The number of carbonyl (C=O) groups excluding carboxylic acids is 3. The first-order valence-corrected chi connectivity index (χ1v) is 9.23. The molecule has 3 aromatic rings. The van der Waals surface area contributed by atoms with Crippen LogP contribution >= 0.6 is 0 Å². The number of esters is 1. The number of pyridine rings is 1. The number of nitrogens with zero attached hydrogens (tertiary/aromatic N) is 1. The number of rotatable bonds is 6. The molecule has 0 aliphatic carbocycles. The van der Waals surface area contributed by atoms with E-state index in [2.05, 4.69) is 10.3 Å². The van der Waals surface area contributed by atoms with E-state index in [0.29, 0.717) is 16.6 Å². The van der Waals surface area contributed by atoms with Crippen LogP contribution in [0.3, 0.4) is 0 Å². The highest BCUT2D eigenvalue weighted by atomic mass is 16.5. The van der Waals surface area contributed by atoms with Crippen molar-refractivity contribution >= 4 is 34.4 Å². The molecule has 0 fully saturated rings. The number of nitrogens with one attached hydrogen (secondary N) is 2. The van der Waals surface area contributed by atoms with Gasteiger partial charge in [-0.2, -0.15) is 0 Å². The zero-order valence-electron chi connectivity index (χ0n) is 16.6. The highest BCUT2D eigenvalue weighted by Crippen LogP contribution is 2.15. The van der Waals surface area contributed by atoms with Crippen molar-refractivity contribution in [3.8, 4) is 0 Å². The molecule has 154 valence electrons. The number of ether oxygens (including phenoxy) is 1. The molecule has 0 saturated carbocycles. The predicted octanol–water partition coefficient (Wildman–Crippen LogP) is 2.09. The molecular formula is C22H21N3O5. The van der Waals surface area contributed by atoms with Gasteiger partial charge < -0.3 is 19.9 Å². The van der Waals surface area contributed by atoms with E-state index in [1.54, 1.807) is 36.4 Å². The Morgan fingerprint density at radius 1 is 1.07 bits per heavy atom. The Labute approximate surface area is 172 Å². The van der Waals surface area contributed by atoms with Gasteiger partial charge in [0.1, 0.15) is 0 Å². The Kier molecular flexibility index (Phi) is 6.26. The van der Waals surface area contributed by atoms with Crippen LogP contribution in [-0.2, 0) is 14.3 Å². The lowest BCUT2D eigenvalue weighted by Crippen LogP contribution is -2.37. The summed E-state index contributed by atoms with van der Waals surface area (Å²) in [5.74, 6) is -1.71. The van der Waals surface area contributed by atoms with Crippen molar-refractivity contribution in [1.82, 2.24) is 9.88 Å². The smallest absolute Gasteiger partial charge is 0.339 e. The van der Waals surface area contributed by atoms with Crippen molar-refractivity contribution in [2.24, 2.45) is 0 Å². The minimum Gasteiger partial charge on any atom is -0.452 e. The quantitative estimate of drug-likeness (QED) is 0.608. The fourth-order valence-corrected chi connectivity index (χ4v) is 2.83. The van der Waals surface area contributed by atoms with E-state index >= 15 is 0 Å². The highest BCUT2D eigenvalue weighted by Gasteiger charge is 2.18. The molecule has 2 amide bonds. The molecule has 2 N–H and O–H groups in total. The normalized spacial score (nSPS) is 10.5. The predicted molar refractivity (Wildman–Crippen MR) is 112 cm³/mol. The number of anilines is 1. The van der Waals surface area contributed by atoms with Gasteiger partial charge >= 0.3 is 5.97 Å². The number of aromatic amines is 1. The third kappa shape index (κ3) is 5.11. The molecule has 0 unspecified atom stereocenters. The third-order valence-corrected chi connectivity index (χ3v) is 4.44. The van der Waals surface area contributed by atoms with Crippen LogP contribution in [0, 0.1) is 6.92 Å². The molecule has 3 rings (SSSR count). The Balaban J connectivity index is 1.57. The zero-order valence-corrected chi connectivity index (χ0v) is 16.6. The molecule has 0 bridgehead atoms. The number of amides is 2. The van der Waals surface area contributed by atoms with E-state index in [4.69, 9.17) is 4.74 Å². The molecule has 0 saturated heterocycles. The molecule has 30 heavy (non-hydrogen) atoms. The molecule has 0 aliphatic rings. The summed E-state index contributed by atoms with van der Waals surface area (Å²) < 4.78 is 5.07. The molecule has 0 spiro atoms. The van der Waals surface area contributed by atoms with Crippen molar-refractivity contribution in [3.63, 3.8) is 0 Å². The Morgan fingerprint density at radius 2 is 1.77 bits per heavy atom. The maximum Gasteiger partial charge on any atom is 0.339 e. The second kappa shape index (κ2) is 9.04. The SMILES string of the molecule is Cc1ccc(NC(=O)CN(C)C(=O)COC(=O)c2cc(=O)[nH]c3ccccc23)cc1. The highest BCUT2D eigenvalue weighted by molar-refractivity contribution is 6.03. The maximum absolute atomic E-state index is 12.4. The Morgan fingerprint density at radius 3 is 2.50 bits per heavy atom. The summed E-state index contributed by atoms with van der Waals surface area (Å²) in [6.45, 7) is 1.19. The summed E-state index contributed by atoms with van der Waals surface area (Å²) in [6.07, 6.45) is 0. The lowest BCUT2D eigenvalue weighted by Gasteiger charge is -2.17. The number of hydrogen-bond donors (Lipinski definition) is 2. The summed E-state index contributed by atoms with van der Waals surface area (Å²) in [7, 11) is 1.44. The molecule has 8 nitrogen and oxygen atoms in total. The van der Waals surface area contributed by atoms with Crippen LogP contribution in [0.15, 0.2) is 59.4 Å². The van der Waals surface area contributed by atoms with Crippen LogP contribution in [0.2, 0.25) is 0 Å². The van der Waals surface area contributed by atoms with Crippen LogP contribution in [-0.4, -0.2) is 47.9 Å². The van der Waals surface area contributed by atoms with Crippen LogP contribution in [0.25, 0.3) is 10.9 Å². The number of H-pyrrole nitrogens is 1. The average molecular weight is 407 g/mol. The van der Waals surface area contributed by atoms with Gasteiger partial charge in [0.05, 0.1) is 12.1 Å². The van der Waals surface area contributed by atoms with Gasteiger partial charge in [0.15, 0.2) is 6.61 Å². The minimum absolute atomic E-state index is 0.0712. The maximum atomic E-state index is 12.4. The van der Waals surface area contributed by atoms with Crippen molar-refractivity contribution in [2.45, 2.75) is 6.92 Å². The lowest BCUT2D eigenvalue weighted by molar-refractivity contribution is -0.136. The van der Waals surface area contributed by atoms with Gasteiger partial charge in [-0.1, -0.05) is 35.9 Å². The van der Waals surface area contributed by atoms with E-state index < -0.39 is 24.0 Å². The summed E-state index contributed by atoms with van der Waals surface area (Å²) in [5, 5.41) is 3.21. The van der Waals surface area contributed by atoms with E-state index in [1.807, 2.05) is 19.1 Å². The molecule has 0 atom stereocenters. The Bertz CT molecular complexity index is 1150. The van der Waals surface area contributed by atoms with Crippen molar-refractivity contribution in [3.05, 3.63) is 76.1 Å². The number of aromatic nitrogens is 1. The van der Waals surface area contributed by atoms with Crippen LogP contribution in [0.1, 0.15) is 15.9 Å². The molecule has 0 aliphatic heterocycles. The molecule has 0 radical (unpaired) electrons. The van der Waals surface area contributed by atoms with Crippen LogP contribution in [0.5, 0.6) is 0 Å². The number of benzene rings is 2. The van der Waals surface area contributed by atoms with E-state index in [9.17, 15) is 19.2 Å². The topological polar surface area (TPSA) is 109 Å². The van der Waals surface area contributed by atoms with Gasteiger partial charge in [-0.05, 0) is 25.1 Å². The van der Waals surface area contributed by atoms with Crippen molar-refractivity contribution < 1.29 is 19.1 Å². The van der Waals surface area contributed by atoms with Crippen molar-refractivity contribution in [1.29, 1.82) is 0 Å². The zero-order chi connectivity index (χ0) is 21.7. The first-order valence-electron chi connectivity index (χ1n) is 9.23. The first kappa shape index (κ1) is 20.8. The monoisotopic (exact) mass is 407 g/mol. The second-order valence-corrected chi connectivity index (χ2v) is 6.83. The average Bonchev–Trinajstić information content (AvgIpc) is 2.72. The summed E-state index contributed by atoms with van der Waals surface area (Å²) in [6, 6.07) is 15.2. The second-order valence-electron chi connectivity index (χ2n) is 6.83. The molecule has 1 aromatic heterocycles. The summed E-state index contributed by atoms with van der Waals surface area (Å²) >= 11 is 0. The van der Waals surface area contributed by atoms with Gasteiger partial charge in [0, 0.05) is 29.7 Å². The Hall–Kier alpha value is -3.94. The van der Waals surface area contributed by atoms with Crippen molar-refractivity contribution in [2.75, 3.05) is 25.5 Å². The number of hydrogen-bond acceptors (Lipinski definition) is 5. The van der Waals surface area contributed by atoms with Crippen LogP contribution < -0.4 is 10.9 Å². The fourth-order valence-electron chi connectivity index (χ4n) is 2.83. The lowest BCUT2D eigenvalue weighted by atomic mass is 10.1. The van der Waals surface area contributed by atoms with Gasteiger partial charge in [-0.15, -0.1) is 0 Å². The molecule has 1 heterocycles. The number of carbonyl (C=O) groups is 3. The molecular weight excluding hydrogens is 386 g/mol. The van der Waals surface area contributed by atoms with E-state index in [1.165, 1.54) is 7.05 Å². The largest absolute Gasteiger partial charge is 0.452 e.